The maximum atomic E-state index is 11.5. The van der Waals surface area contributed by atoms with E-state index in [0.29, 0.717) is 17.1 Å². The summed E-state index contributed by atoms with van der Waals surface area (Å²) in [7, 11) is 3.03. The van der Waals surface area contributed by atoms with Gasteiger partial charge in [-0.2, -0.15) is 0 Å². The Bertz CT molecular complexity index is 474. The molecule has 0 heterocycles. The number of carbonyl (C=O) groups excluding carboxylic acids is 2. The maximum absolute atomic E-state index is 11.5. The normalized spacial score (nSPS) is 11.7. The lowest BCUT2D eigenvalue weighted by Gasteiger charge is -2.17. The van der Waals surface area contributed by atoms with Crippen molar-refractivity contribution in [3.05, 3.63) is 23.8 Å². The van der Waals surface area contributed by atoms with Gasteiger partial charge in [0.1, 0.15) is 11.5 Å². The average Bonchev–Trinajstić information content (AvgIpc) is 2.38. The number of methoxy groups -OCH3 is 2. The lowest BCUT2D eigenvalue weighted by molar-refractivity contribution is -0.120. The third-order valence-corrected chi connectivity index (χ3v) is 2.84. The van der Waals surface area contributed by atoms with Gasteiger partial charge in [0, 0.05) is 18.1 Å². The third kappa shape index (κ3) is 3.87. The van der Waals surface area contributed by atoms with E-state index >= 15 is 0 Å². The number of hydrogen-bond acceptors (Lipinski definition) is 4. The average molecular weight is 266 g/mol. The van der Waals surface area contributed by atoms with E-state index < -0.39 is 17.7 Å². The summed E-state index contributed by atoms with van der Waals surface area (Å²) < 4.78 is 10.3. The quantitative estimate of drug-likeness (QED) is 0.751. The van der Waals surface area contributed by atoms with Crippen molar-refractivity contribution >= 4 is 11.8 Å². The fourth-order valence-corrected chi connectivity index (χ4v) is 1.84. The van der Waals surface area contributed by atoms with Crippen molar-refractivity contribution in [3.8, 4) is 11.5 Å². The smallest absolute Gasteiger partial charge is 0.225 e. The van der Waals surface area contributed by atoms with Crippen LogP contribution in [0.2, 0.25) is 0 Å². The minimum absolute atomic E-state index is 0.0861. The number of nitrogens with two attached hydrogens (primary N) is 2. The molecule has 0 fully saturated rings. The molecule has 0 saturated heterocycles. The number of ether oxygens (including phenoxy) is 2. The molecule has 6 heteroatoms. The second-order valence-corrected chi connectivity index (χ2v) is 4.07. The molecular weight excluding hydrogens is 248 g/mol. The molecule has 1 rings (SSSR count). The first-order valence-corrected chi connectivity index (χ1v) is 5.79. The van der Waals surface area contributed by atoms with E-state index in [-0.39, 0.29) is 12.8 Å². The van der Waals surface area contributed by atoms with Gasteiger partial charge in [-0.15, -0.1) is 0 Å². The Hall–Kier alpha value is -2.24. The van der Waals surface area contributed by atoms with Crippen LogP contribution in [0.25, 0.3) is 0 Å². The second-order valence-electron chi connectivity index (χ2n) is 4.07. The molecule has 104 valence electrons. The van der Waals surface area contributed by atoms with Gasteiger partial charge in [-0.3, -0.25) is 9.59 Å². The van der Waals surface area contributed by atoms with Gasteiger partial charge in [0.05, 0.1) is 20.1 Å². The van der Waals surface area contributed by atoms with Gasteiger partial charge >= 0.3 is 0 Å². The number of carbonyl (C=O) groups is 2. The molecule has 6 nitrogen and oxygen atoms in total. The minimum Gasteiger partial charge on any atom is -0.497 e. The molecule has 0 radical (unpaired) electrons. The summed E-state index contributed by atoms with van der Waals surface area (Å²) >= 11 is 0. The van der Waals surface area contributed by atoms with Gasteiger partial charge in [0.2, 0.25) is 11.8 Å². The zero-order valence-electron chi connectivity index (χ0n) is 11.0. The second kappa shape index (κ2) is 6.63. The standard InChI is InChI=1S/C13H18N2O4/c1-18-8-3-4-9(11(7-8)19-2)10(13(15)17)5-6-12(14)16/h3-4,7,10H,5-6H2,1-2H3,(H2,14,16)(H2,15,17). The molecule has 0 aliphatic heterocycles. The maximum Gasteiger partial charge on any atom is 0.225 e. The van der Waals surface area contributed by atoms with Crippen LogP contribution in [0.4, 0.5) is 0 Å². The Labute approximate surface area is 111 Å². The van der Waals surface area contributed by atoms with Crippen LogP contribution >= 0.6 is 0 Å². The van der Waals surface area contributed by atoms with Crippen molar-refractivity contribution in [3.63, 3.8) is 0 Å². The van der Waals surface area contributed by atoms with Crippen molar-refractivity contribution < 1.29 is 19.1 Å². The molecule has 1 aromatic rings. The van der Waals surface area contributed by atoms with E-state index in [1.54, 1.807) is 18.2 Å². The third-order valence-electron chi connectivity index (χ3n) is 2.84. The zero-order valence-corrected chi connectivity index (χ0v) is 11.0. The van der Waals surface area contributed by atoms with Crippen LogP contribution in [0.15, 0.2) is 18.2 Å². The monoisotopic (exact) mass is 266 g/mol. The SMILES string of the molecule is COc1ccc(C(CCC(N)=O)C(N)=O)c(OC)c1. The Morgan fingerprint density at radius 3 is 2.37 bits per heavy atom. The summed E-state index contributed by atoms with van der Waals surface area (Å²) in [6.07, 6.45) is 0.343. The van der Waals surface area contributed by atoms with Gasteiger partial charge in [-0.1, -0.05) is 6.07 Å². The highest BCUT2D eigenvalue weighted by Gasteiger charge is 2.22. The molecule has 1 unspecified atom stereocenters. The molecule has 4 N–H and O–H groups in total. The number of benzene rings is 1. The van der Waals surface area contributed by atoms with Crippen LogP contribution in [0.5, 0.6) is 11.5 Å². The van der Waals surface area contributed by atoms with Crippen LogP contribution in [-0.2, 0) is 9.59 Å². The van der Waals surface area contributed by atoms with Gasteiger partial charge in [-0.25, -0.2) is 0 Å². The highest BCUT2D eigenvalue weighted by molar-refractivity contribution is 5.84. The van der Waals surface area contributed by atoms with E-state index in [1.807, 2.05) is 0 Å². The van der Waals surface area contributed by atoms with E-state index in [0.717, 1.165) is 0 Å². The van der Waals surface area contributed by atoms with Gasteiger partial charge in [0.15, 0.2) is 0 Å². The Morgan fingerprint density at radius 2 is 1.89 bits per heavy atom. The van der Waals surface area contributed by atoms with Crippen molar-refractivity contribution in [1.29, 1.82) is 0 Å². The molecular formula is C13H18N2O4. The molecule has 2 amide bonds. The highest BCUT2D eigenvalue weighted by atomic mass is 16.5. The lowest BCUT2D eigenvalue weighted by atomic mass is 9.92. The molecule has 0 spiro atoms. The summed E-state index contributed by atoms with van der Waals surface area (Å²) in [5.74, 6) is -0.511. The van der Waals surface area contributed by atoms with Crippen LogP contribution in [0.3, 0.4) is 0 Å². The van der Waals surface area contributed by atoms with Gasteiger partial charge in [0.25, 0.3) is 0 Å². The number of hydrogen-bond donors (Lipinski definition) is 2. The molecule has 0 bridgehead atoms. The Kier molecular flexibility index (Phi) is 5.17. The minimum atomic E-state index is -0.617. The van der Waals surface area contributed by atoms with E-state index in [9.17, 15) is 9.59 Å². The van der Waals surface area contributed by atoms with Crippen molar-refractivity contribution in [2.45, 2.75) is 18.8 Å². The summed E-state index contributed by atoms with van der Waals surface area (Å²) in [6.45, 7) is 0. The first kappa shape index (κ1) is 14.8. The number of primary amides is 2. The van der Waals surface area contributed by atoms with E-state index in [2.05, 4.69) is 0 Å². The molecule has 0 saturated carbocycles. The van der Waals surface area contributed by atoms with Crippen LogP contribution in [0, 0.1) is 0 Å². The van der Waals surface area contributed by atoms with Crippen LogP contribution in [0.1, 0.15) is 24.3 Å². The van der Waals surface area contributed by atoms with Crippen molar-refractivity contribution in [2.24, 2.45) is 11.5 Å². The van der Waals surface area contributed by atoms with E-state index in [1.165, 1.54) is 14.2 Å². The summed E-state index contributed by atoms with van der Waals surface area (Å²) in [5, 5.41) is 0. The molecule has 0 aliphatic carbocycles. The van der Waals surface area contributed by atoms with Crippen molar-refractivity contribution in [2.75, 3.05) is 14.2 Å². The summed E-state index contributed by atoms with van der Waals surface area (Å²) in [5.41, 5.74) is 11.1. The summed E-state index contributed by atoms with van der Waals surface area (Å²) in [4.78, 5) is 22.3. The molecule has 1 atom stereocenters. The first-order valence-electron chi connectivity index (χ1n) is 5.79. The zero-order chi connectivity index (χ0) is 14.4. The Morgan fingerprint density at radius 1 is 1.21 bits per heavy atom. The van der Waals surface area contributed by atoms with Crippen LogP contribution < -0.4 is 20.9 Å². The topological polar surface area (TPSA) is 105 Å². The predicted molar refractivity (Wildman–Crippen MR) is 69.9 cm³/mol. The fourth-order valence-electron chi connectivity index (χ4n) is 1.84. The van der Waals surface area contributed by atoms with Gasteiger partial charge in [-0.05, 0) is 12.5 Å². The lowest BCUT2D eigenvalue weighted by Crippen LogP contribution is -2.24. The summed E-state index contributed by atoms with van der Waals surface area (Å²) in [6, 6.07) is 5.07. The van der Waals surface area contributed by atoms with Gasteiger partial charge < -0.3 is 20.9 Å². The Balaban J connectivity index is 3.07. The highest BCUT2D eigenvalue weighted by Crippen LogP contribution is 2.32. The fraction of sp³-hybridized carbons (Fsp3) is 0.385. The first-order chi connectivity index (χ1) is 8.99. The van der Waals surface area contributed by atoms with Crippen molar-refractivity contribution in [1.82, 2.24) is 0 Å². The molecule has 19 heavy (non-hydrogen) atoms. The molecule has 0 aliphatic rings. The molecule has 1 aromatic carbocycles. The largest absolute Gasteiger partial charge is 0.497 e. The predicted octanol–water partition coefficient (Wildman–Crippen LogP) is 0.538. The molecule has 0 aromatic heterocycles. The van der Waals surface area contributed by atoms with E-state index in [4.69, 9.17) is 20.9 Å². The number of rotatable bonds is 7. The number of amides is 2. The van der Waals surface area contributed by atoms with Crippen LogP contribution in [-0.4, -0.2) is 26.0 Å².